The molecule has 4 N–H and O–H groups in total. The van der Waals surface area contributed by atoms with Crippen LogP contribution in [0.2, 0.25) is 0 Å². The molecule has 0 aromatic heterocycles. The Hall–Kier alpha value is -2.61. The molecule has 29 heavy (non-hydrogen) atoms. The summed E-state index contributed by atoms with van der Waals surface area (Å²) in [5, 5.41) is 20.3. The number of likely N-dealkylation sites (tertiary alicyclic amines) is 1. The number of aryl methyl sites for hydroxylation is 2. The number of benzene rings is 2. The third kappa shape index (κ3) is 3.25. The van der Waals surface area contributed by atoms with Crippen LogP contribution in [0, 0.1) is 19.8 Å². The summed E-state index contributed by atoms with van der Waals surface area (Å²) < 4.78 is 5.39. The number of nitrogens with one attached hydrogen (secondary N) is 2. The first-order valence-electron chi connectivity index (χ1n) is 9.82. The van der Waals surface area contributed by atoms with E-state index < -0.39 is 6.04 Å². The van der Waals surface area contributed by atoms with Gasteiger partial charge in [-0.3, -0.25) is 4.79 Å². The van der Waals surface area contributed by atoms with Crippen molar-refractivity contribution in [2.24, 2.45) is 5.92 Å². The number of carbonyl (C=O) groups excluding carboxylic acids is 1. The average molecular weight is 397 g/mol. The minimum Gasteiger partial charge on any atom is -0.508 e. The van der Waals surface area contributed by atoms with Crippen LogP contribution in [0.1, 0.15) is 34.3 Å². The first-order valence-corrected chi connectivity index (χ1v) is 9.82. The molecule has 1 amide bonds. The molecule has 4 atom stereocenters. The summed E-state index contributed by atoms with van der Waals surface area (Å²) in [6, 6.07) is 10.5. The van der Waals surface area contributed by atoms with Gasteiger partial charge in [-0.05, 0) is 48.7 Å². The van der Waals surface area contributed by atoms with Crippen LogP contribution < -0.4 is 15.6 Å². The summed E-state index contributed by atoms with van der Waals surface area (Å²) in [5.41, 5.74) is 10.1. The van der Waals surface area contributed by atoms with Crippen molar-refractivity contribution in [2.75, 3.05) is 20.3 Å². The Morgan fingerprint density at radius 2 is 1.90 bits per heavy atom. The maximum absolute atomic E-state index is 13.1. The van der Waals surface area contributed by atoms with Gasteiger partial charge >= 0.3 is 0 Å². The SMILES string of the molecule is COc1cccc(C2C3C(NNC3c3c(C)cc(C)cc3O)C(=O)N2CCO)c1. The van der Waals surface area contributed by atoms with Crippen molar-refractivity contribution in [1.29, 1.82) is 0 Å². The van der Waals surface area contributed by atoms with Crippen molar-refractivity contribution in [2.45, 2.75) is 32.0 Å². The maximum Gasteiger partial charge on any atom is 0.242 e. The van der Waals surface area contributed by atoms with Crippen LogP contribution in [0.5, 0.6) is 11.5 Å². The molecule has 7 heteroatoms. The van der Waals surface area contributed by atoms with E-state index in [0.29, 0.717) is 5.75 Å². The molecule has 0 spiro atoms. The predicted molar refractivity (Wildman–Crippen MR) is 108 cm³/mol. The fraction of sp³-hybridized carbons (Fsp3) is 0.409. The molecule has 0 saturated carbocycles. The average Bonchev–Trinajstić information content (AvgIpc) is 3.21. The molecule has 0 bridgehead atoms. The quantitative estimate of drug-likeness (QED) is 0.614. The molecule has 7 nitrogen and oxygen atoms in total. The Balaban J connectivity index is 1.82. The lowest BCUT2D eigenvalue weighted by Crippen LogP contribution is -2.42. The molecule has 2 aliphatic rings. The third-order valence-electron chi connectivity index (χ3n) is 6.01. The number of fused-ring (bicyclic) bond motifs is 1. The monoisotopic (exact) mass is 397 g/mol. The van der Waals surface area contributed by atoms with Crippen LogP contribution >= 0.6 is 0 Å². The zero-order valence-corrected chi connectivity index (χ0v) is 16.8. The number of aromatic hydroxyl groups is 1. The number of phenols is 1. The predicted octanol–water partition coefficient (Wildman–Crippen LogP) is 1.73. The van der Waals surface area contributed by atoms with Gasteiger partial charge in [-0.25, -0.2) is 10.9 Å². The number of aliphatic hydroxyl groups is 1. The van der Waals surface area contributed by atoms with Crippen molar-refractivity contribution in [3.8, 4) is 11.5 Å². The minimum atomic E-state index is -0.442. The molecular formula is C22H27N3O4. The zero-order chi connectivity index (χ0) is 20.7. The fourth-order valence-electron chi connectivity index (χ4n) is 4.89. The van der Waals surface area contributed by atoms with Gasteiger partial charge in [0.1, 0.15) is 17.5 Å². The highest BCUT2D eigenvalue weighted by Crippen LogP contribution is 2.49. The molecule has 2 saturated heterocycles. The lowest BCUT2D eigenvalue weighted by molar-refractivity contribution is -0.131. The van der Waals surface area contributed by atoms with Gasteiger partial charge in [0.05, 0.1) is 25.8 Å². The van der Waals surface area contributed by atoms with Crippen LogP contribution in [0.25, 0.3) is 0 Å². The normalized spacial score (nSPS) is 26.1. The fourth-order valence-corrected chi connectivity index (χ4v) is 4.89. The van der Waals surface area contributed by atoms with Gasteiger partial charge in [-0.2, -0.15) is 0 Å². The van der Waals surface area contributed by atoms with Gasteiger partial charge in [-0.1, -0.05) is 18.2 Å². The Morgan fingerprint density at radius 3 is 2.59 bits per heavy atom. The Bertz CT molecular complexity index is 909. The molecule has 0 aliphatic carbocycles. The number of carbonyl (C=O) groups is 1. The first kappa shape index (κ1) is 19.7. The number of phenolic OH excluding ortho intramolecular Hbond substituents is 1. The van der Waals surface area contributed by atoms with Crippen molar-refractivity contribution >= 4 is 5.91 Å². The van der Waals surface area contributed by atoms with E-state index in [1.54, 1.807) is 18.1 Å². The summed E-state index contributed by atoms with van der Waals surface area (Å²) >= 11 is 0. The maximum atomic E-state index is 13.1. The first-order chi connectivity index (χ1) is 14.0. The molecule has 2 heterocycles. The number of amides is 1. The molecule has 2 aromatic carbocycles. The second-order valence-corrected chi connectivity index (χ2v) is 7.81. The molecule has 2 fully saturated rings. The topological polar surface area (TPSA) is 94.1 Å². The van der Waals surface area contributed by atoms with Crippen LogP contribution in [0.4, 0.5) is 0 Å². The number of aliphatic hydroxyl groups excluding tert-OH is 1. The molecule has 2 aliphatic heterocycles. The summed E-state index contributed by atoms with van der Waals surface area (Å²) in [4.78, 5) is 14.9. The van der Waals surface area contributed by atoms with Crippen molar-refractivity contribution < 1.29 is 19.7 Å². The molecule has 154 valence electrons. The number of methoxy groups -OCH3 is 1. The van der Waals surface area contributed by atoms with Crippen molar-refractivity contribution in [3.63, 3.8) is 0 Å². The molecule has 2 aromatic rings. The van der Waals surface area contributed by atoms with E-state index in [4.69, 9.17) is 4.74 Å². The molecule has 4 rings (SSSR count). The van der Waals surface area contributed by atoms with Crippen LogP contribution in [-0.2, 0) is 4.79 Å². The van der Waals surface area contributed by atoms with Crippen molar-refractivity contribution in [3.05, 3.63) is 58.7 Å². The third-order valence-corrected chi connectivity index (χ3v) is 6.01. The van der Waals surface area contributed by atoms with Gasteiger partial charge < -0.3 is 19.8 Å². The molecule has 4 unspecified atom stereocenters. The van der Waals surface area contributed by atoms with E-state index in [9.17, 15) is 15.0 Å². The summed E-state index contributed by atoms with van der Waals surface area (Å²) in [7, 11) is 1.61. The standard InChI is InChI=1S/C22H27N3O4/c1-12-9-13(2)17(16(27)10-12)19-18-20(24-23-19)22(28)25(7-8-26)21(18)14-5-4-6-15(11-14)29-3/h4-6,9-11,18-21,23-24,26-27H,7-8H2,1-3H3. The summed E-state index contributed by atoms with van der Waals surface area (Å²) in [6.07, 6.45) is 0. The van der Waals surface area contributed by atoms with E-state index in [1.807, 2.05) is 44.2 Å². The number of hydrogen-bond donors (Lipinski definition) is 4. The highest BCUT2D eigenvalue weighted by atomic mass is 16.5. The highest BCUT2D eigenvalue weighted by Gasteiger charge is 2.55. The minimum absolute atomic E-state index is 0.0591. The number of hydrazine groups is 1. The number of β-amino-alcohol motifs (C(OH)–C–C–N with tert-alkyl or cyclic N) is 1. The zero-order valence-electron chi connectivity index (χ0n) is 16.8. The second-order valence-electron chi connectivity index (χ2n) is 7.81. The second kappa shape index (κ2) is 7.67. The Kier molecular flexibility index (Phi) is 5.21. The molecule has 0 radical (unpaired) electrons. The lowest BCUT2D eigenvalue weighted by atomic mass is 9.81. The number of nitrogens with zero attached hydrogens (tertiary/aromatic N) is 1. The van der Waals surface area contributed by atoms with E-state index in [-0.39, 0.29) is 42.8 Å². The van der Waals surface area contributed by atoms with Gasteiger partial charge in [-0.15, -0.1) is 0 Å². The van der Waals surface area contributed by atoms with Gasteiger partial charge in [0.25, 0.3) is 0 Å². The van der Waals surface area contributed by atoms with Gasteiger partial charge in [0, 0.05) is 18.0 Å². The van der Waals surface area contributed by atoms with Crippen molar-refractivity contribution in [1.82, 2.24) is 15.8 Å². The van der Waals surface area contributed by atoms with E-state index in [0.717, 1.165) is 22.3 Å². The molecular weight excluding hydrogens is 370 g/mol. The number of rotatable bonds is 5. The Labute approximate surface area is 170 Å². The highest BCUT2D eigenvalue weighted by molar-refractivity contribution is 5.86. The van der Waals surface area contributed by atoms with Gasteiger partial charge in [0.15, 0.2) is 0 Å². The van der Waals surface area contributed by atoms with E-state index >= 15 is 0 Å². The smallest absolute Gasteiger partial charge is 0.242 e. The summed E-state index contributed by atoms with van der Waals surface area (Å²) in [6.45, 7) is 4.06. The van der Waals surface area contributed by atoms with Crippen LogP contribution in [-0.4, -0.2) is 47.3 Å². The Morgan fingerprint density at radius 1 is 1.14 bits per heavy atom. The largest absolute Gasteiger partial charge is 0.508 e. The summed E-state index contributed by atoms with van der Waals surface area (Å²) in [5.74, 6) is 0.719. The number of ether oxygens (including phenoxy) is 1. The van der Waals surface area contributed by atoms with Crippen LogP contribution in [0.3, 0.4) is 0 Å². The van der Waals surface area contributed by atoms with Gasteiger partial charge in [0.2, 0.25) is 5.91 Å². The number of hydrogen-bond acceptors (Lipinski definition) is 6. The van der Waals surface area contributed by atoms with E-state index in [2.05, 4.69) is 10.9 Å². The van der Waals surface area contributed by atoms with E-state index in [1.165, 1.54) is 0 Å². The lowest BCUT2D eigenvalue weighted by Gasteiger charge is -2.31. The van der Waals surface area contributed by atoms with Crippen LogP contribution in [0.15, 0.2) is 36.4 Å².